The number of aromatic hydroxyl groups is 1. The van der Waals surface area contributed by atoms with E-state index in [-0.39, 0.29) is 11.3 Å². The molecule has 0 radical (unpaired) electrons. The SMILES string of the molecule is O=C(N/N=C\c1ccccc1)c1cc2ccccc2cc1O. The highest BCUT2D eigenvalue weighted by molar-refractivity contribution is 6.01. The zero-order valence-corrected chi connectivity index (χ0v) is 11.7. The van der Waals surface area contributed by atoms with Gasteiger partial charge in [0.2, 0.25) is 0 Å². The Hall–Kier alpha value is -3.14. The second kappa shape index (κ2) is 6.10. The summed E-state index contributed by atoms with van der Waals surface area (Å²) in [5.74, 6) is -0.512. The third-order valence-corrected chi connectivity index (χ3v) is 3.29. The van der Waals surface area contributed by atoms with Crippen LogP contribution in [-0.4, -0.2) is 17.2 Å². The molecule has 4 heteroatoms. The fourth-order valence-corrected chi connectivity index (χ4v) is 2.17. The second-order valence-corrected chi connectivity index (χ2v) is 4.83. The van der Waals surface area contributed by atoms with Gasteiger partial charge in [0.05, 0.1) is 11.8 Å². The first-order chi connectivity index (χ1) is 10.7. The van der Waals surface area contributed by atoms with E-state index < -0.39 is 5.91 Å². The molecule has 1 amide bonds. The van der Waals surface area contributed by atoms with Crippen LogP contribution in [-0.2, 0) is 0 Å². The van der Waals surface area contributed by atoms with E-state index in [4.69, 9.17) is 0 Å². The van der Waals surface area contributed by atoms with Crippen LogP contribution in [0.15, 0.2) is 71.8 Å². The van der Waals surface area contributed by atoms with E-state index >= 15 is 0 Å². The first-order valence-corrected chi connectivity index (χ1v) is 6.84. The molecule has 4 nitrogen and oxygen atoms in total. The van der Waals surface area contributed by atoms with Gasteiger partial charge in [-0.1, -0.05) is 54.6 Å². The average Bonchev–Trinajstić information content (AvgIpc) is 2.55. The number of phenols is 1. The number of hydrazone groups is 1. The van der Waals surface area contributed by atoms with Crippen LogP contribution in [0.25, 0.3) is 10.8 Å². The summed E-state index contributed by atoms with van der Waals surface area (Å²) in [4.78, 5) is 12.1. The second-order valence-electron chi connectivity index (χ2n) is 4.83. The number of benzene rings is 3. The topological polar surface area (TPSA) is 61.7 Å². The largest absolute Gasteiger partial charge is 0.507 e. The minimum atomic E-state index is -0.449. The minimum absolute atomic E-state index is 0.0638. The molecule has 22 heavy (non-hydrogen) atoms. The Morgan fingerprint density at radius 1 is 0.955 bits per heavy atom. The average molecular weight is 290 g/mol. The molecule has 0 aliphatic heterocycles. The number of carbonyl (C=O) groups excluding carboxylic acids is 1. The third-order valence-electron chi connectivity index (χ3n) is 3.29. The summed E-state index contributed by atoms with van der Waals surface area (Å²) in [5.41, 5.74) is 3.50. The summed E-state index contributed by atoms with van der Waals surface area (Å²) < 4.78 is 0. The molecule has 2 N–H and O–H groups in total. The van der Waals surface area contributed by atoms with Crippen molar-refractivity contribution in [3.63, 3.8) is 0 Å². The molecule has 0 saturated heterocycles. The summed E-state index contributed by atoms with van der Waals surface area (Å²) in [7, 11) is 0. The number of nitrogens with one attached hydrogen (secondary N) is 1. The number of amides is 1. The van der Waals surface area contributed by atoms with Crippen molar-refractivity contribution < 1.29 is 9.90 Å². The molecule has 3 aromatic carbocycles. The molecular weight excluding hydrogens is 276 g/mol. The van der Waals surface area contributed by atoms with Gasteiger partial charge in [0.25, 0.3) is 5.91 Å². The number of phenolic OH excluding ortho intramolecular Hbond substituents is 1. The Kier molecular flexibility index (Phi) is 3.83. The zero-order chi connectivity index (χ0) is 15.4. The minimum Gasteiger partial charge on any atom is -0.507 e. The fraction of sp³-hybridized carbons (Fsp3) is 0. The van der Waals surface area contributed by atoms with E-state index in [0.717, 1.165) is 16.3 Å². The lowest BCUT2D eigenvalue weighted by Crippen LogP contribution is -2.17. The van der Waals surface area contributed by atoms with Crippen LogP contribution in [0.2, 0.25) is 0 Å². The summed E-state index contributed by atoms with van der Waals surface area (Å²) in [6.07, 6.45) is 1.55. The maximum Gasteiger partial charge on any atom is 0.275 e. The standard InChI is InChI=1S/C18H14N2O2/c21-17-11-15-9-5-4-8-14(15)10-16(17)18(22)20-19-12-13-6-2-1-3-7-13/h1-12,21H,(H,20,22)/b19-12-. The lowest BCUT2D eigenvalue weighted by atomic mass is 10.1. The molecule has 0 spiro atoms. The van der Waals surface area contributed by atoms with Crippen LogP contribution in [0.5, 0.6) is 5.75 Å². The molecular formula is C18H14N2O2. The van der Waals surface area contributed by atoms with E-state index in [9.17, 15) is 9.90 Å². The van der Waals surface area contributed by atoms with Crippen molar-refractivity contribution >= 4 is 22.9 Å². The van der Waals surface area contributed by atoms with E-state index in [1.807, 2.05) is 54.6 Å². The third kappa shape index (κ3) is 2.96. The molecule has 108 valence electrons. The Bertz CT molecular complexity index is 842. The summed E-state index contributed by atoms with van der Waals surface area (Å²) in [5, 5.41) is 15.7. The first-order valence-electron chi connectivity index (χ1n) is 6.84. The highest BCUT2D eigenvalue weighted by Gasteiger charge is 2.11. The van der Waals surface area contributed by atoms with Crippen LogP contribution >= 0.6 is 0 Å². The Morgan fingerprint density at radius 2 is 1.59 bits per heavy atom. The van der Waals surface area contributed by atoms with Gasteiger partial charge in [0, 0.05) is 0 Å². The van der Waals surface area contributed by atoms with Gasteiger partial charge < -0.3 is 5.11 Å². The predicted octanol–water partition coefficient (Wildman–Crippen LogP) is 3.31. The van der Waals surface area contributed by atoms with Crippen LogP contribution < -0.4 is 5.43 Å². The maximum absolute atomic E-state index is 12.1. The smallest absolute Gasteiger partial charge is 0.275 e. The van der Waals surface area contributed by atoms with Crippen molar-refractivity contribution in [1.82, 2.24) is 5.43 Å². The molecule has 0 bridgehead atoms. The van der Waals surface area contributed by atoms with E-state index in [1.54, 1.807) is 18.3 Å². The van der Waals surface area contributed by atoms with Gasteiger partial charge in [-0.05, 0) is 28.5 Å². The van der Waals surface area contributed by atoms with E-state index in [1.165, 1.54) is 0 Å². The van der Waals surface area contributed by atoms with Gasteiger partial charge in [0.15, 0.2) is 0 Å². The normalized spacial score (nSPS) is 10.9. The maximum atomic E-state index is 12.1. The number of hydrogen-bond acceptors (Lipinski definition) is 3. The van der Waals surface area contributed by atoms with Gasteiger partial charge in [-0.25, -0.2) is 5.43 Å². The summed E-state index contributed by atoms with van der Waals surface area (Å²) in [6, 6.07) is 20.2. The van der Waals surface area contributed by atoms with Crippen molar-refractivity contribution in [3.8, 4) is 5.75 Å². The van der Waals surface area contributed by atoms with Crippen molar-refractivity contribution in [2.24, 2.45) is 5.10 Å². The van der Waals surface area contributed by atoms with Crippen LogP contribution in [0.3, 0.4) is 0 Å². The van der Waals surface area contributed by atoms with Gasteiger partial charge in [-0.3, -0.25) is 4.79 Å². The van der Waals surface area contributed by atoms with Crippen LogP contribution in [0, 0.1) is 0 Å². The molecule has 3 aromatic rings. The molecule has 0 aromatic heterocycles. The zero-order valence-electron chi connectivity index (χ0n) is 11.7. The quantitative estimate of drug-likeness (QED) is 0.574. The Morgan fingerprint density at radius 3 is 2.32 bits per heavy atom. The van der Waals surface area contributed by atoms with Gasteiger partial charge in [-0.2, -0.15) is 5.10 Å². The molecule has 0 atom stereocenters. The number of nitrogens with zero attached hydrogens (tertiary/aromatic N) is 1. The Labute approximate surface area is 127 Å². The number of hydrogen-bond donors (Lipinski definition) is 2. The van der Waals surface area contributed by atoms with Crippen molar-refractivity contribution in [1.29, 1.82) is 0 Å². The molecule has 0 fully saturated rings. The number of carbonyl (C=O) groups is 1. The molecule has 0 unspecified atom stereocenters. The van der Waals surface area contributed by atoms with Gasteiger partial charge in [0.1, 0.15) is 5.75 Å². The predicted molar refractivity (Wildman–Crippen MR) is 87.1 cm³/mol. The van der Waals surface area contributed by atoms with Crippen molar-refractivity contribution in [2.75, 3.05) is 0 Å². The van der Waals surface area contributed by atoms with Gasteiger partial charge in [-0.15, -0.1) is 0 Å². The highest BCUT2D eigenvalue weighted by Crippen LogP contribution is 2.24. The first kappa shape index (κ1) is 13.8. The van der Waals surface area contributed by atoms with Crippen molar-refractivity contribution in [3.05, 3.63) is 77.9 Å². The van der Waals surface area contributed by atoms with Gasteiger partial charge >= 0.3 is 0 Å². The van der Waals surface area contributed by atoms with E-state index in [2.05, 4.69) is 10.5 Å². The fourth-order valence-electron chi connectivity index (χ4n) is 2.17. The molecule has 0 aliphatic rings. The van der Waals surface area contributed by atoms with Crippen LogP contribution in [0.1, 0.15) is 15.9 Å². The number of rotatable bonds is 3. The molecule has 0 aliphatic carbocycles. The molecule has 0 heterocycles. The summed E-state index contributed by atoms with van der Waals surface area (Å²) in [6.45, 7) is 0. The monoisotopic (exact) mass is 290 g/mol. The summed E-state index contributed by atoms with van der Waals surface area (Å²) >= 11 is 0. The lowest BCUT2D eigenvalue weighted by molar-refractivity contribution is 0.0952. The van der Waals surface area contributed by atoms with E-state index in [0.29, 0.717) is 0 Å². The van der Waals surface area contributed by atoms with Crippen molar-refractivity contribution in [2.45, 2.75) is 0 Å². The highest BCUT2D eigenvalue weighted by atomic mass is 16.3. The molecule has 3 rings (SSSR count). The van der Waals surface area contributed by atoms with Crippen LogP contribution in [0.4, 0.5) is 0 Å². The lowest BCUT2D eigenvalue weighted by Gasteiger charge is -2.05. The molecule has 0 saturated carbocycles. The Balaban J connectivity index is 1.80. The number of fused-ring (bicyclic) bond motifs is 1.